The average molecular weight is 388 g/mol. The van der Waals surface area contributed by atoms with Crippen molar-refractivity contribution in [2.24, 2.45) is 0 Å². The zero-order valence-corrected chi connectivity index (χ0v) is 17.0. The molecule has 142 valence electrons. The van der Waals surface area contributed by atoms with Gasteiger partial charge in [-0.15, -0.1) is 0 Å². The fraction of sp³-hybridized carbons (Fsp3) is 0.231. The van der Waals surface area contributed by atoms with Crippen LogP contribution in [-0.2, 0) is 6.42 Å². The van der Waals surface area contributed by atoms with Crippen molar-refractivity contribution in [1.82, 2.24) is 4.90 Å². The predicted molar refractivity (Wildman–Crippen MR) is 121 cm³/mol. The molecule has 1 unspecified atom stereocenters. The summed E-state index contributed by atoms with van der Waals surface area (Å²) in [5.74, 6) is 0. The highest BCUT2D eigenvalue weighted by Gasteiger charge is 2.30. The summed E-state index contributed by atoms with van der Waals surface area (Å²) in [7, 11) is 0. The van der Waals surface area contributed by atoms with Crippen LogP contribution in [0, 0.1) is 0 Å². The Bertz CT molecular complexity index is 949. The third-order valence-electron chi connectivity index (χ3n) is 5.90. The first-order valence-electron chi connectivity index (χ1n) is 9.97. The maximum Gasteiger partial charge on any atom is 0.0514 e. The van der Waals surface area contributed by atoms with Crippen molar-refractivity contribution < 1.29 is 0 Å². The highest BCUT2D eigenvalue weighted by Crippen LogP contribution is 2.38. The molecule has 2 aromatic carbocycles. The molecule has 1 aliphatic heterocycles. The third kappa shape index (κ3) is 3.86. The number of aryl methyl sites for hydroxylation is 1. The van der Waals surface area contributed by atoms with Crippen molar-refractivity contribution in [3.05, 3.63) is 107 Å². The average Bonchev–Trinajstić information content (AvgIpc) is 3.21. The molecule has 0 radical (unpaired) electrons. The molecule has 0 saturated carbocycles. The SMILES string of the molecule is C=Cc1ccc(CCC2C3=C(C=CC3)CCN2C(=C)c2cccc(Cl)c2)cc1. The van der Waals surface area contributed by atoms with E-state index in [4.69, 9.17) is 11.6 Å². The molecular formula is C26H26ClN. The zero-order chi connectivity index (χ0) is 19.5. The van der Waals surface area contributed by atoms with Crippen molar-refractivity contribution in [3.63, 3.8) is 0 Å². The van der Waals surface area contributed by atoms with Crippen LogP contribution in [0.4, 0.5) is 0 Å². The second kappa shape index (κ2) is 8.24. The van der Waals surface area contributed by atoms with E-state index >= 15 is 0 Å². The lowest BCUT2D eigenvalue weighted by molar-refractivity contribution is 0.296. The van der Waals surface area contributed by atoms with Gasteiger partial charge in [0.05, 0.1) is 6.04 Å². The predicted octanol–water partition coefficient (Wildman–Crippen LogP) is 6.92. The minimum atomic E-state index is 0.393. The van der Waals surface area contributed by atoms with Gasteiger partial charge >= 0.3 is 0 Å². The van der Waals surface area contributed by atoms with Gasteiger partial charge < -0.3 is 4.90 Å². The highest BCUT2D eigenvalue weighted by molar-refractivity contribution is 6.30. The van der Waals surface area contributed by atoms with Gasteiger partial charge in [0.2, 0.25) is 0 Å². The molecule has 2 aliphatic rings. The van der Waals surface area contributed by atoms with Gasteiger partial charge in [0.15, 0.2) is 0 Å². The number of allylic oxidation sites excluding steroid dienone is 2. The quantitative estimate of drug-likeness (QED) is 0.520. The Hall–Kier alpha value is -2.51. The Morgan fingerprint density at radius 1 is 1.18 bits per heavy atom. The summed E-state index contributed by atoms with van der Waals surface area (Å²) in [5.41, 5.74) is 7.83. The maximum absolute atomic E-state index is 6.23. The number of rotatable bonds is 6. The Labute approximate surface area is 173 Å². The molecule has 0 amide bonds. The lowest BCUT2D eigenvalue weighted by atomic mass is 9.89. The Morgan fingerprint density at radius 2 is 2.00 bits per heavy atom. The van der Waals surface area contributed by atoms with E-state index < -0.39 is 0 Å². The summed E-state index contributed by atoms with van der Waals surface area (Å²) in [4.78, 5) is 2.50. The maximum atomic E-state index is 6.23. The van der Waals surface area contributed by atoms with Crippen molar-refractivity contribution in [3.8, 4) is 0 Å². The molecule has 2 aromatic rings. The molecule has 0 fully saturated rings. The van der Waals surface area contributed by atoms with E-state index in [1.165, 1.54) is 16.7 Å². The van der Waals surface area contributed by atoms with Gasteiger partial charge in [-0.25, -0.2) is 0 Å². The molecule has 0 N–H and O–H groups in total. The normalized spacial score (nSPS) is 18.3. The Morgan fingerprint density at radius 3 is 2.75 bits per heavy atom. The van der Waals surface area contributed by atoms with Crippen molar-refractivity contribution >= 4 is 23.4 Å². The molecule has 1 heterocycles. The van der Waals surface area contributed by atoms with E-state index in [1.807, 2.05) is 24.3 Å². The van der Waals surface area contributed by atoms with Crippen LogP contribution >= 0.6 is 11.6 Å². The monoisotopic (exact) mass is 387 g/mol. The minimum Gasteiger partial charge on any atom is -0.364 e. The molecule has 0 bridgehead atoms. The van der Waals surface area contributed by atoms with Gasteiger partial charge in [-0.1, -0.05) is 79.4 Å². The number of benzene rings is 2. The highest BCUT2D eigenvalue weighted by atomic mass is 35.5. The first kappa shape index (κ1) is 18.8. The van der Waals surface area contributed by atoms with Crippen molar-refractivity contribution in [2.45, 2.75) is 31.7 Å². The molecule has 4 rings (SSSR count). The number of hydrogen-bond donors (Lipinski definition) is 0. The molecule has 0 aromatic heterocycles. The van der Waals surface area contributed by atoms with Gasteiger partial charge in [0.1, 0.15) is 0 Å². The topological polar surface area (TPSA) is 3.24 Å². The van der Waals surface area contributed by atoms with Crippen LogP contribution in [0.1, 0.15) is 36.0 Å². The fourth-order valence-corrected chi connectivity index (χ4v) is 4.55. The number of hydrogen-bond acceptors (Lipinski definition) is 1. The van der Waals surface area contributed by atoms with Crippen molar-refractivity contribution in [1.29, 1.82) is 0 Å². The van der Waals surface area contributed by atoms with E-state index in [0.29, 0.717) is 6.04 Å². The number of halogens is 1. The van der Waals surface area contributed by atoms with Crippen LogP contribution < -0.4 is 0 Å². The lowest BCUT2D eigenvalue weighted by Gasteiger charge is -2.40. The van der Waals surface area contributed by atoms with Crippen LogP contribution in [-0.4, -0.2) is 17.5 Å². The summed E-state index contributed by atoms with van der Waals surface area (Å²) < 4.78 is 0. The minimum absolute atomic E-state index is 0.393. The molecule has 0 saturated heterocycles. The molecule has 1 atom stereocenters. The van der Waals surface area contributed by atoms with Crippen LogP contribution in [0.2, 0.25) is 5.02 Å². The second-order valence-corrected chi connectivity index (χ2v) is 7.99. The summed E-state index contributed by atoms with van der Waals surface area (Å²) >= 11 is 6.23. The largest absolute Gasteiger partial charge is 0.364 e. The lowest BCUT2D eigenvalue weighted by Crippen LogP contribution is -2.39. The van der Waals surface area contributed by atoms with Crippen molar-refractivity contribution in [2.75, 3.05) is 6.54 Å². The summed E-state index contributed by atoms with van der Waals surface area (Å²) in [6, 6.07) is 17.2. The number of nitrogens with zero attached hydrogens (tertiary/aromatic N) is 1. The fourth-order valence-electron chi connectivity index (χ4n) is 4.36. The Balaban J connectivity index is 1.56. The van der Waals surface area contributed by atoms with E-state index in [1.54, 1.807) is 5.57 Å². The first-order valence-corrected chi connectivity index (χ1v) is 10.3. The van der Waals surface area contributed by atoms with E-state index in [0.717, 1.165) is 48.5 Å². The van der Waals surface area contributed by atoms with E-state index in [2.05, 4.69) is 60.5 Å². The molecule has 1 nitrogen and oxygen atoms in total. The van der Waals surface area contributed by atoms with Gasteiger partial charge in [0, 0.05) is 17.3 Å². The standard InChI is InChI=1S/C26H26ClN/c1-3-20-10-12-21(13-11-20)14-15-26-25-9-5-6-22(25)16-17-28(26)19(2)23-7-4-8-24(27)18-23/h3-8,10-13,18,26H,1-2,9,14-17H2. The van der Waals surface area contributed by atoms with E-state index in [-0.39, 0.29) is 0 Å². The van der Waals surface area contributed by atoms with E-state index in [9.17, 15) is 0 Å². The van der Waals surface area contributed by atoms with Gasteiger partial charge in [-0.3, -0.25) is 0 Å². The molecule has 1 aliphatic carbocycles. The van der Waals surface area contributed by atoms with Gasteiger partial charge in [-0.05, 0) is 65.7 Å². The van der Waals surface area contributed by atoms with Gasteiger partial charge in [0.25, 0.3) is 0 Å². The molecule has 0 spiro atoms. The zero-order valence-electron chi connectivity index (χ0n) is 16.2. The first-order chi connectivity index (χ1) is 13.7. The van der Waals surface area contributed by atoms with Crippen LogP contribution in [0.3, 0.4) is 0 Å². The Kier molecular flexibility index (Phi) is 5.54. The summed E-state index contributed by atoms with van der Waals surface area (Å²) in [6.45, 7) is 9.30. The molecule has 2 heteroatoms. The second-order valence-electron chi connectivity index (χ2n) is 7.56. The van der Waals surface area contributed by atoms with Crippen LogP contribution in [0.25, 0.3) is 11.8 Å². The molecule has 28 heavy (non-hydrogen) atoms. The van der Waals surface area contributed by atoms with Crippen LogP contribution in [0.15, 0.2) is 85.0 Å². The smallest absolute Gasteiger partial charge is 0.0514 e. The summed E-state index contributed by atoms with van der Waals surface area (Å²) in [6.07, 6.45) is 10.8. The van der Waals surface area contributed by atoms with Gasteiger partial charge in [-0.2, -0.15) is 0 Å². The molecular weight excluding hydrogens is 362 g/mol. The third-order valence-corrected chi connectivity index (χ3v) is 6.13. The van der Waals surface area contributed by atoms with Crippen LogP contribution in [0.5, 0.6) is 0 Å². The summed E-state index contributed by atoms with van der Waals surface area (Å²) in [5, 5.41) is 0.761.